The van der Waals surface area contributed by atoms with Crippen LogP contribution >= 0.6 is 0 Å². The molecule has 5 heteroatoms. The van der Waals surface area contributed by atoms with Crippen LogP contribution in [-0.4, -0.2) is 20.0 Å². The number of furan rings is 1. The highest BCUT2D eigenvalue weighted by Crippen LogP contribution is 2.19. The summed E-state index contributed by atoms with van der Waals surface area (Å²) in [4.78, 5) is 14.0. The second-order valence-corrected chi connectivity index (χ2v) is 5.24. The van der Waals surface area contributed by atoms with Gasteiger partial charge in [-0.15, -0.1) is 0 Å². The Morgan fingerprint density at radius 1 is 1.26 bits per heavy atom. The highest BCUT2D eigenvalue weighted by molar-refractivity contribution is 6.09. The molecule has 0 saturated carbocycles. The molecule has 118 valence electrons. The standard InChI is InChI=1S/C18H19N3O2/c1-4-13-5-7-15(8-6-13)20-18(22)14(12-19)11-16-9-10-17(23-16)21(2)3/h5-11H,4H2,1-3H3,(H,20,22)/b14-11+. The van der Waals surface area contributed by atoms with E-state index >= 15 is 0 Å². The van der Waals surface area contributed by atoms with Crippen LogP contribution in [-0.2, 0) is 11.2 Å². The first-order valence-corrected chi connectivity index (χ1v) is 7.32. The lowest BCUT2D eigenvalue weighted by Crippen LogP contribution is -2.13. The molecular weight excluding hydrogens is 290 g/mol. The Morgan fingerprint density at radius 2 is 1.96 bits per heavy atom. The van der Waals surface area contributed by atoms with E-state index in [2.05, 4.69) is 12.2 Å². The minimum absolute atomic E-state index is 0.00998. The summed E-state index contributed by atoms with van der Waals surface area (Å²) < 4.78 is 5.53. The predicted molar refractivity (Wildman–Crippen MR) is 91.1 cm³/mol. The molecule has 1 amide bonds. The highest BCUT2D eigenvalue weighted by atomic mass is 16.4. The molecule has 2 rings (SSSR count). The topological polar surface area (TPSA) is 69.3 Å². The summed E-state index contributed by atoms with van der Waals surface area (Å²) >= 11 is 0. The van der Waals surface area contributed by atoms with Crippen LogP contribution in [0.2, 0.25) is 0 Å². The fourth-order valence-electron chi connectivity index (χ4n) is 1.97. The van der Waals surface area contributed by atoms with Gasteiger partial charge in [-0.25, -0.2) is 0 Å². The van der Waals surface area contributed by atoms with Gasteiger partial charge in [0.2, 0.25) is 0 Å². The fraction of sp³-hybridized carbons (Fsp3) is 0.222. The van der Waals surface area contributed by atoms with E-state index in [0.717, 1.165) is 6.42 Å². The summed E-state index contributed by atoms with van der Waals surface area (Å²) in [6, 6.07) is 12.9. The SMILES string of the molecule is CCc1ccc(NC(=O)/C(C#N)=C/c2ccc(N(C)C)o2)cc1. The van der Waals surface area contributed by atoms with E-state index in [1.807, 2.05) is 44.4 Å². The number of hydrogen-bond donors (Lipinski definition) is 1. The van der Waals surface area contributed by atoms with Gasteiger partial charge in [-0.1, -0.05) is 19.1 Å². The number of benzene rings is 1. The van der Waals surface area contributed by atoms with Gasteiger partial charge < -0.3 is 14.6 Å². The number of nitrogens with zero attached hydrogens (tertiary/aromatic N) is 2. The summed E-state index contributed by atoms with van der Waals surface area (Å²) in [6.07, 6.45) is 2.37. The van der Waals surface area contributed by atoms with E-state index in [0.29, 0.717) is 17.3 Å². The summed E-state index contributed by atoms with van der Waals surface area (Å²) in [6.45, 7) is 2.06. The maximum absolute atomic E-state index is 12.2. The Bertz CT molecular complexity index is 749. The Hall–Kier alpha value is -3.00. The second-order valence-electron chi connectivity index (χ2n) is 5.24. The number of anilines is 2. The van der Waals surface area contributed by atoms with Crippen LogP contribution in [0.15, 0.2) is 46.4 Å². The number of carbonyl (C=O) groups is 1. The van der Waals surface area contributed by atoms with Crippen molar-refractivity contribution in [1.82, 2.24) is 0 Å². The number of carbonyl (C=O) groups excluding carboxylic acids is 1. The van der Waals surface area contributed by atoms with Crippen LogP contribution in [0.4, 0.5) is 11.6 Å². The molecule has 0 aliphatic rings. The third-order valence-electron chi connectivity index (χ3n) is 3.33. The van der Waals surface area contributed by atoms with Gasteiger partial charge in [-0.3, -0.25) is 4.79 Å². The van der Waals surface area contributed by atoms with Gasteiger partial charge >= 0.3 is 0 Å². The molecule has 0 unspecified atom stereocenters. The molecule has 1 aromatic heterocycles. The van der Waals surface area contributed by atoms with Crippen LogP contribution in [0, 0.1) is 11.3 Å². The molecule has 1 N–H and O–H groups in total. The molecule has 1 heterocycles. The van der Waals surface area contributed by atoms with Crippen LogP contribution < -0.4 is 10.2 Å². The van der Waals surface area contributed by atoms with E-state index in [4.69, 9.17) is 4.42 Å². The van der Waals surface area contributed by atoms with E-state index in [1.165, 1.54) is 11.6 Å². The summed E-state index contributed by atoms with van der Waals surface area (Å²) in [5.41, 5.74) is 1.83. The Labute approximate surface area is 135 Å². The lowest BCUT2D eigenvalue weighted by atomic mass is 10.1. The first-order chi connectivity index (χ1) is 11.0. The third kappa shape index (κ3) is 4.24. The Balaban J connectivity index is 2.13. The normalized spacial score (nSPS) is 11.0. The van der Waals surface area contributed by atoms with Crippen LogP contribution in [0.25, 0.3) is 6.08 Å². The van der Waals surface area contributed by atoms with Crippen LogP contribution in [0.5, 0.6) is 0 Å². The molecule has 1 aromatic carbocycles. The summed E-state index contributed by atoms with van der Waals surface area (Å²) in [7, 11) is 3.70. The first-order valence-electron chi connectivity index (χ1n) is 7.32. The lowest BCUT2D eigenvalue weighted by molar-refractivity contribution is -0.112. The number of rotatable bonds is 5. The van der Waals surface area contributed by atoms with Crippen molar-refractivity contribution in [2.45, 2.75) is 13.3 Å². The molecular formula is C18H19N3O2. The molecule has 0 bridgehead atoms. The molecule has 0 fully saturated rings. The first kappa shape index (κ1) is 16.4. The van der Waals surface area contributed by atoms with Crippen molar-refractivity contribution < 1.29 is 9.21 Å². The van der Waals surface area contributed by atoms with Crippen molar-refractivity contribution in [1.29, 1.82) is 5.26 Å². The third-order valence-corrected chi connectivity index (χ3v) is 3.33. The zero-order valence-corrected chi connectivity index (χ0v) is 13.5. The minimum Gasteiger partial charge on any atom is -0.441 e. The molecule has 0 atom stereocenters. The molecule has 0 saturated heterocycles. The lowest BCUT2D eigenvalue weighted by Gasteiger charge is -2.06. The van der Waals surface area contributed by atoms with Gasteiger partial charge in [0.05, 0.1) is 0 Å². The number of aryl methyl sites for hydroxylation is 1. The smallest absolute Gasteiger partial charge is 0.266 e. The number of hydrogen-bond acceptors (Lipinski definition) is 4. The average Bonchev–Trinajstić information content (AvgIpc) is 3.02. The van der Waals surface area contributed by atoms with E-state index in [9.17, 15) is 10.1 Å². The van der Waals surface area contributed by atoms with Gasteiger partial charge in [0, 0.05) is 31.9 Å². The number of amides is 1. The van der Waals surface area contributed by atoms with Crippen molar-refractivity contribution >= 4 is 23.6 Å². The van der Waals surface area contributed by atoms with Crippen molar-refractivity contribution in [3.8, 4) is 6.07 Å². The van der Waals surface area contributed by atoms with Crippen LogP contribution in [0.3, 0.4) is 0 Å². The Kier molecular flexibility index (Phi) is 5.21. The van der Waals surface area contributed by atoms with Crippen LogP contribution in [0.1, 0.15) is 18.2 Å². The predicted octanol–water partition coefficient (Wildman–Crippen LogP) is 3.45. The van der Waals surface area contributed by atoms with E-state index in [1.54, 1.807) is 17.0 Å². The van der Waals surface area contributed by atoms with E-state index in [-0.39, 0.29) is 5.57 Å². The van der Waals surface area contributed by atoms with Crippen molar-refractivity contribution in [3.05, 3.63) is 53.3 Å². The van der Waals surface area contributed by atoms with Gasteiger partial charge in [0.25, 0.3) is 5.91 Å². The summed E-state index contributed by atoms with van der Waals surface area (Å²) in [5.74, 6) is 0.658. The van der Waals surface area contributed by atoms with E-state index < -0.39 is 5.91 Å². The fourth-order valence-corrected chi connectivity index (χ4v) is 1.97. The monoisotopic (exact) mass is 309 g/mol. The summed E-state index contributed by atoms with van der Waals surface area (Å²) in [5, 5.41) is 11.9. The maximum Gasteiger partial charge on any atom is 0.266 e. The second kappa shape index (κ2) is 7.32. The molecule has 0 spiro atoms. The van der Waals surface area contributed by atoms with Crippen molar-refractivity contribution in [2.24, 2.45) is 0 Å². The average molecular weight is 309 g/mol. The Morgan fingerprint density at radius 3 is 2.48 bits per heavy atom. The molecule has 2 aromatic rings. The largest absolute Gasteiger partial charge is 0.441 e. The maximum atomic E-state index is 12.2. The number of nitrogens with one attached hydrogen (secondary N) is 1. The molecule has 0 aliphatic heterocycles. The van der Waals surface area contributed by atoms with Gasteiger partial charge in [0.15, 0.2) is 5.88 Å². The van der Waals surface area contributed by atoms with Gasteiger partial charge in [0.1, 0.15) is 17.4 Å². The van der Waals surface area contributed by atoms with Crippen molar-refractivity contribution in [3.63, 3.8) is 0 Å². The molecule has 0 radical (unpaired) electrons. The zero-order chi connectivity index (χ0) is 16.8. The molecule has 0 aliphatic carbocycles. The highest BCUT2D eigenvalue weighted by Gasteiger charge is 2.11. The van der Waals surface area contributed by atoms with Gasteiger partial charge in [-0.2, -0.15) is 5.26 Å². The quantitative estimate of drug-likeness (QED) is 0.678. The number of nitriles is 1. The molecule has 23 heavy (non-hydrogen) atoms. The zero-order valence-electron chi connectivity index (χ0n) is 13.5. The van der Waals surface area contributed by atoms with Crippen molar-refractivity contribution in [2.75, 3.05) is 24.3 Å². The molecule has 5 nitrogen and oxygen atoms in total. The van der Waals surface area contributed by atoms with Gasteiger partial charge in [-0.05, 0) is 30.2 Å². The minimum atomic E-state index is -0.459.